The van der Waals surface area contributed by atoms with Gasteiger partial charge in [-0.2, -0.15) is 0 Å². The summed E-state index contributed by atoms with van der Waals surface area (Å²) >= 11 is 0. The first-order valence-electron chi connectivity index (χ1n) is 5.62. The van der Waals surface area contributed by atoms with Crippen molar-refractivity contribution in [2.45, 2.75) is 13.0 Å². The average molecular weight is 227 g/mol. The average Bonchev–Trinajstić information content (AvgIpc) is 2.28. The molecule has 1 aliphatic heterocycles. The second-order valence-electron chi connectivity index (χ2n) is 3.89. The minimum Gasteiger partial charge on any atom is -0.495 e. The maximum absolute atomic E-state index is 9.76. The first-order valence-corrected chi connectivity index (χ1v) is 5.62. The van der Waals surface area contributed by atoms with Gasteiger partial charge in [0, 0.05) is 19.6 Å². The molecule has 0 radical (unpaired) electrons. The molecule has 0 aromatic carbocycles. The molecular formula is C12H21NO3. The maximum atomic E-state index is 9.76. The summed E-state index contributed by atoms with van der Waals surface area (Å²) in [6, 6.07) is 0. The van der Waals surface area contributed by atoms with Crippen LogP contribution in [-0.4, -0.2) is 55.6 Å². The zero-order valence-corrected chi connectivity index (χ0v) is 9.89. The van der Waals surface area contributed by atoms with E-state index in [1.807, 2.05) is 6.92 Å². The van der Waals surface area contributed by atoms with E-state index in [1.165, 1.54) is 0 Å². The maximum Gasteiger partial charge on any atom is 0.115 e. The monoisotopic (exact) mass is 227 g/mol. The van der Waals surface area contributed by atoms with Crippen LogP contribution >= 0.6 is 0 Å². The lowest BCUT2D eigenvalue weighted by Gasteiger charge is -2.28. The smallest absolute Gasteiger partial charge is 0.115 e. The van der Waals surface area contributed by atoms with Gasteiger partial charge in [-0.3, -0.25) is 4.90 Å². The molecule has 4 heteroatoms. The lowest BCUT2D eigenvalue weighted by Crippen LogP contribution is -2.42. The van der Waals surface area contributed by atoms with Crippen molar-refractivity contribution < 1.29 is 14.6 Å². The van der Waals surface area contributed by atoms with E-state index in [1.54, 1.807) is 12.2 Å². The zero-order chi connectivity index (χ0) is 11.8. The largest absolute Gasteiger partial charge is 0.495 e. The van der Waals surface area contributed by atoms with Crippen LogP contribution in [0, 0.1) is 0 Å². The Hall–Kier alpha value is -0.840. The standard InChI is InChI=1S/C12H21NO3/c1-3-4-11(2)16-10-12(14)9-13-5-7-15-8-6-13/h3-4,12,14H,1,5-10H2,2H3/b11-4+. The van der Waals surface area contributed by atoms with Crippen LogP contribution in [0.3, 0.4) is 0 Å². The summed E-state index contributed by atoms with van der Waals surface area (Å²) < 4.78 is 10.6. The minimum atomic E-state index is -0.453. The van der Waals surface area contributed by atoms with Crippen LogP contribution in [-0.2, 0) is 9.47 Å². The lowest BCUT2D eigenvalue weighted by atomic mass is 10.3. The van der Waals surface area contributed by atoms with Gasteiger partial charge in [0.15, 0.2) is 0 Å². The molecule has 1 fully saturated rings. The molecule has 1 rings (SSSR count). The van der Waals surface area contributed by atoms with Crippen LogP contribution in [0.2, 0.25) is 0 Å². The van der Waals surface area contributed by atoms with Gasteiger partial charge in [-0.1, -0.05) is 12.7 Å². The highest BCUT2D eigenvalue weighted by Crippen LogP contribution is 2.01. The van der Waals surface area contributed by atoms with Crippen molar-refractivity contribution in [2.75, 3.05) is 39.5 Å². The van der Waals surface area contributed by atoms with E-state index in [-0.39, 0.29) is 0 Å². The molecule has 0 amide bonds. The fourth-order valence-corrected chi connectivity index (χ4v) is 1.58. The number of hydrogen-bond acceptors (Lipinski definition) is 4. The molecule has 16 heavy (non-hydrogen) atoms. The predicted octanol–water partition coefficient (Wildman–Crippen LogP) is 0.786. The molecule has 92 valence electrons. The van der Waals surface area contributed by atoms with Crippen LogP contribution in [0.1, 0.15) is 6.92 Å². The second kappa shape index (κ2) is 7.44. The van der Waals surface area contributed by atoms with Crippen LogP contribution in [0.5, 0.6) is 0 Å². The molecule has 0 spiro atoms. The minimum absolute atomic E-state index is 0.327. The third kappa shape index (κ3) is 5.30. The predicted molar refractivity (Wildman–Crippen MR) is 63.2 cm³/mol. The van der Waals surface area contributed by atoms with E-state index in [2.05, 4.69) is 11.5 Å². The molecule has 0 bridgehead atoms. The number of ether oxygens (including phenoxy) is 2. The molecule has 1 aliphatic rings. The molecule has 4 nitrogen and oxygen atoms in total. The van der Waals surface area contributed by atoms with Crippen LogP contribution in [0.4, 0.5) is 0 Å². The number of allylic oxidation sites excluding steroid dienone is 3. The van der Waals surface area contributed by atoms with Gasteiger partial charge in [0.05, 0.1) is 19.0 Å². The fraction of sp³-hybridized carbons (Fsp3) is 0.667. The third-order valence-electron chi connectivity index (χ3n) is 2.43. The Kier molecular flexibility index (Phi) is 6.15. The highest BCUT2D eigenvalue weighted by atomic mass is 16.5. The molecule has 1 saturated heterocycles. The van der Waals surface area contributed by atoms with Crippen molar-refractivity contribution in [3.05, 3.63) is 24.5 Å². The molecule has 1 heterocycles. The Morgan fingerprint density at radius 1 is 1.56 bits per heavy atom. The van der Waals surface area contributed by atoms with Gasteiger partial charge >= 0.3 is 0 Å². The van der Waals surface area contributed by atoms with Crippen molar-refractivity contribution in [1.29, 1.82) is 0 Å². The number of nitrogens with zero attached hydrogens (tertiary/aromatic N) is 1. The summed E-state index contributed by atoms with van der Waals surface area (Å²) in [5.74, 6) is 0.774. The summed E-state index contributed by atoms with van der Waals surface area (Å²) in [6.45, 7) is 9.68. The van der Waals surface area contributed by atoms with E-state index < -0.39 is 6.10 Å². The zero-order valence-electron chi connectivity index (χ0n) is 9.89. The van der Waals surface area contributed by atoms with E-state index >= 15 is 0 Å². The second-order valence-corrected chi connectivity index (χ2v) is 3.89. The first kappa shape index (κ1) is 13.2. The first-order chi connectivity index (χ1) is 7.72. The summed E-state index contributed by atoms with van der Waals surface area (Å²) in [5, 5.41) is 9.76. The van der Waals surface area contributed by atoms with Crippen molar-refractivity contribution in [1.82, 2.24) is 4.90 Å². The lowest BCUT2D eigenvalue weighted by molar-refractivity contribution is -0.00314. The van der Waals surface area contributed by atoms with Crippen molar-refractivity contribution in [3.8, 4) is 0 Å². The van der Waals surface area contributed by atoms with Gasteiger partial charge in [-0.05, 0) is 13.0 Å². The van der Waals surface area contributed by atoms with Crippen LogP contribution in [0.15, 0.2) is 24.5 Å². The molecule has 1 N–H and O–H groups in total. The molecule has 1 unspecified atom stereocenters. The number of β-amino-alcohol motifs (C(OH)–C–C–N with tert-alkyl or cyclic N) is 1. The number of hydrogen-bond donors (Lipinski definition) is 1. The molecule has 0 aromatic rings. The Balaban J connectivity index is 2.16. The summed E-state index contributed by atoms with van der Waals surface area (Å²) in [7, 11) is 0. The van der Waals surface area contributed by atoms with Gasteiger partial charge < -0.3 is 14.6 Å². The van der Waals surface area contributed by atoms with Gasteiger partial charge in [-0.15, -0.1) is 0 Å². The van der Waals surface area contributed by atoms with E-state index in [0.29, 0.717) is 13.2 Å². The third-order valence-corrected chi connectivity index (χ3v) is 2.43. The molecule has 0 aromatic heterocycles. The molecule has 0 saturated carbocycles. The van der Waals surface area contributed by atoms with Crippen molar-refractivity contribution >= 4 is 0 Å². The summed E-state index contributed by atoms with van der Waals surface area (Å²) in [4.78, 5) is 2.18. The quantitative estimate of drug-likeness (QED) is 0.538. The number of aliphatic hydroxyl groups excluding tert-OH is 1. The summed E-state index contributed by atoms with van der Waals surface area (Å²) in [6.07, 6.45) is 3.00. The van der Waals surface area contributed by atoms with Gasteiger partial charge in [0.1, 0.15) is 12.7 Å². The number of aliphatic hydroxyl groups is 1. The van der Waals surface area contributed by atoms with E-state index in [0.717, 1.165) is 32.1 Å². The Morgan fingerprint density at radius 3 is 2.88 bits per heavy atom. The van der Waals surface area contributed by atoms with Gasteiger partial charge in [0.2, 0.25) is 0 Å². The van der Waals surface area contributed by atoms with Gasteiger partial charge in [0.25, 0.3) is 0 Å². The van der Waals surface area contributed by atoms with Crippen LogP contribution in [0.25, 0.3) is 0 Å². The molecule has 0 aliphatic carbocycles. The summed E-state index contributed by atoms with van der Waals surface area (Å²) in [5.41, 5.74) is 0. The normalized spacial score (nSPS) is 20.5. The highest BCUT2D eigenvalue weighted by Gasteiger charge is 2.14. The molecule has 1 atom stereocenters. The van der Waals surface area contributed by atoms with E-state index in [9.17, 15) is 5.11 Å². The molecular weight excluding hydrogens is 206 g/mol. The van der Waals surface area contributed by atoms with Crippen LogP contribution < -0.4 is 0 Å². The number of morpholine rings is 1. The number of rotatable bonds is 6. The fourth-order valence-electron chi connectivity index (χ4n) is 1.58. The van der Waals surface area contributed by atoms with Gasteiger partial charge in [-0.25, -0.2) is 0 Å². The highest BCUT2D eigenvalue weighted by molar-refractivity contribution is 5.01. The topological polar surface area (TPSA) is 41.9 Å². The SMILES string of the molecule is C=C/C=C(\C)OCC(O)CN1CCOCC1. The Labute approximate surface area is 97.1 Å². The Morgan fingerprint density at radius 2 is 2.25 bits per heavy atom. The van der Waals surface area contributed by atoms with E-state index in [4.69, 9.17) is 9.47 Å². The Bertz CT molecular complexity index is 234. The van der Waals surface area contributed by atoms with Crippen molar-refractivity contribution in [2.24, 2.45) is 0 Å². The van der Waals surface area contributed by atoms with Crippen molar-refractivity contribution in [3.63, 3.8) is 0 Å².